The summed E-state index contributed by atoms with van der Waals surface area (Å²) in [5, 5.41) is 3.16. The van der Waals surface area contributed by atoms with E-state index in [4.69, 9.17) is 11.6 Å². The molecule has 0 saturated heterocycles. The lowest BCUT2D eigenvalue weighted by Crippen LogP contribution is -2.12. The van der Waals surface area contributed by atoms with E-state index in [0.29, 0.717) is 27.4 Å². The minimum absolute atomic E-state index is 0.0559. The first-order chi connectivity index (χ1) is 11.6. The molecule has 4 heteroatoms. The highest BCUT2D eigenvalue weighted by atomic mass is 35.5. The molecule has 0 heterocycles. The topological polar surface area (TPSA) is 46.2 Å². The van der Waals surface area contributed by atoms with Crippen molar-refractivity contribution in [3.8, 4) is 0 Å². The van der Waals surface area contributed by atoms with Gasteiger partial charge in [0.2, 0.25) is 0 Å². The Balaban J connectivity index is 1.74. The van der Waals surface area contributed by atoms with Crippen molar-refractivity contribution < 1.29 is 9.59 Å². The summed E-state index contributed by atoms with van der Waals surface area (Å²) in [4.78, 5) is 24.6. The molecule has 0 atom stereocenters. The molecule has 118 valence electrons. The Hall–Kier alpha value is -2.91. The summed E-state index contributed by atoms with van der Waals surface area (Å²) in [6, 6.07) is 22.7. The predicted molar refractivity (Wildman–Crippen MR) is 95.7 cm³/mol. The molecular formula is C20H14ClNO2. The van der Waals surface area contributed by atoms with Crippen LogP contribution in [0.4, 0.5) is 5.69 Å². The quantitative estimate of drug-likeness (QED) is 0.694. The van der Waals surface area contributed by atoms with E-state index in [2.05, 4.69) is 5.32 Å². The van der Waals surface area contributed by atoms with Crippen molar-refractivity contribution in [3.63, 3.8) is 0 Å². The minimum Gasteiger partial charge on any atom is -0.322 e. The highest BCUT2D eigenvalue weighted by Gasteiger charge is 2.11. The maximum absolute atomic E-state index is 12.3. The van der Waals surface area contributed by atoms with E-state index >= 15 is 0 Å². The number of hydrogen-bond acceptors (Lipinski definition) is 2. The van der Waals surface area contributed by atoms with Crippen molar-refractivity contribution in [3.05, 3.63) is 101 Å². The van der Waals surface area contributed by atoms with Crippen LogP contribution in [0.2, 0.25) is 5.02 Å². The Labute approximate surface area is 144 Å². The van der Waals surface area contributed by atoms with E-state index in [1.807, 2.05) is 18.2 Å². The van der Waals surface area contributed by atoms with Gasteiger partial charge in [-0.05, 0) is 36.4 Å². The van der Waals surface area contributed by atoms with Crippen LogP contribution in [0, 0.1) is 0 Å². The molecule has 0 aromatic heterocycles. The van der Waals surface area contributed by atoms with Gasteiger partial charge in [0.1, 0.15) is 0 Å². The van der Waals surface area contributed by atoms with Gasteiger partial charge in [-0.3, -0.25) is 9.59 Å². The van der Waals surface area contributed by atoms with Gasteiger partial charge >= 0.3 is 0 Å². The smallest absolute Gasteiger partial charge is 0.257 e. The Morgan fingerprint density at radius 3 is 1.96 bits per heavy atom. The standard InChI is InChI=1S/C20H14ClNO2/c21-18-9-5-4-8-17(18)20(24)22-16-12-10-15(11-13-16)19(23)14-6-2-1-3-7-14/h1-13H,(H,22,24). The van der Waals surface area contributed by atoms with E-state index in [0.717, 1.165) is 0 Å². The first kappa shape index (κ1) is 16.0. The zero-order valence-corrected chi connectivity index (χ0v) is 13.5. The largest absolute Gasteiger partial charge is 0.322 e. The third-order valence-electron chi connectivity index (χ3n) is 3.56. The summed E-state index contributed by atoms with van der Waals surface area (Å²) < 4.78 is 0. The Bertz CT molecular complexity index is 874. The van der Waals surface area contributed by atoms with Crippen LogP contribution in [0.1, 0.15) is 26.3 Å². The molecular weight excluding hydrogens is 322 g/mol. The molecule has 0 aliphatic rings. The lowest BCUT2D eigenvalue weighted by atomic mass is 10.0. The molecule has 1 amide bonds. The van der Waals surface area contributed by atoms with Gasteiger partial charge in [0.05, 0.1) is 10.6 Å². The van der Waals surface area contributed by atoms with E-state index in [1.165, 1.54) is 0 Å². The number of rotatable bonds is 4. The predicted octanol–water partition coefficient (Wildman–Crippen LogP) is 4.82. The molecule has 0 fully saturated rings. The molecule has 1 N–H and O–H groups in total. The van der Waals surface area contributed by atoms with Crippen molar-refractivity contribution in [1.29, 1.82) is 0 Å². The van der Waals surface area contributed by atoms with Crippen LogP contribution in [0.15, 0.2) is 78.9 Å². The number of benzene rings is 3. The van der Waals surface area contributed by atoms with E-state index in [-0.39, 0.29) is 11.7 Å². The Morgan fingerprint density at radius 2 is 1.29 bits per heavy atom. The lowest BCUT2D eigenvalue weighted by molar-refractivity contribution is 0.102. The first-order valence-electron chi connectivity index (χ1n) is 7.41. The van der Waals surface area contributed by atoms with Gasteiger partial charge in [-0.15, -0.1) is 0 Å². The van der Waals surface area contributed by atoms with Crippen LogP contribution in [0.25, 0.3) is 0 Å². The monoisotopic (exact) mass is 335 g/mol. The average Bonchev–Trinajstić information content (AvgIpc) is 2.63. The Morgan fingerprint density at radius 1 is 0.708 bits per heavy atom. The zero-order chi connectivity index (χ0) is 16.9. The van der Waals surface area contributed by atoms with Crippen LogP contribution in [-0.2, 0) is 0 Å². The SMILES string of the molecule is O=C(c1ccccc1)c1ccc(NC(=O)c2ccccc2Cl)cc1. The third kappa shape index (κ3) is 3.53. The molecule has 3 nitrogen and oxygen atoms in total. The van der Waals surface area contributed by atoms with E-state index in [9.17, 15) is 9.59 Å². The second kappa shape index (κ2) is 7.11. The highest BCUT2D eigenvalue weighted by Crippen LogP contribution is 2.18. The van der Waals surface area contributed by atoms with Gasteiger partial charge < -0.3 is 5.32 Å². The molecule has 3 aromatic carbocycles. The lowest BCUT2D eigenvalue weighted by Gasteiger charge is -2.07. The number of anilines is 1. The maximum atomic E-state index is 12.3. The van der Waals surface area contributed by atoms with Crippen LogP contribution in [0.5, 0.6) is 0 Å². The Kier molecular flexibility index (Phi) is 4.73. The third-order valence-corrected chi connectivity index (χ3v) is 3.89. The van der Waals surface area contributed by atoms with Gasteiger partial charge in [-0.25, -0.2) is 0 Å². The molecule has 3 rings (SSSR count). The van der Waals surface area contributed by atoms with Crippen LogP contribution < -0.4 is 5.32 Å². The van der Waals surface area contributed by atoms with Crippen molar-refractivity contribution in [2.45, 2.75) is 0 Å². The molecule has 0 unspecified atom stereocenters. The maximum Gasteiger partial charge on any atom is 0.257 e. The van der Waals surface area contributed by atoms with Crippen molar-refractivity contribution in [1.82, 2.24) is 0 Å². The van der Waals surface area contributed by atoms with Gasteiger partial charge in [0, 0.05) is 16.8 Å². The fourth-order valence-electron chi connectivity index (χ4n) is 2.30. The van der Waals surface area contributed by atoms with Gasteiger partial charge in [0.15, 0.2) is 5.78 Å². The van der Waals surface area contributed by atoms with Crippen LogP contribution in [-0.4, -0.2) is 11.7 Å². The van der Waals surface area contributed by atoms with E-state index in [1.54, 1.807) is 60.7 Å². The number of amides is 1. The summed E-state index contributed by atoms with van der Waals surface area (Å²) in [6.07, 6.45) is 0. The zero-order valence-electron chi connectivity index (χ0n) is 12.7. The summed E-state index contributed by atoms with van der Waals surface area (Å²) >= 11 is 6.01. The summed E-state index contributed by atoms with van der Waals surface area (Å²) in [5.74, 6) is -0.345. The fourth-order valence-corrected chi connectivity index (χ4v) is 2.53. The fraction of sp³-hybridized carbons (Fsp3) is 0. The van der Waals surface area contributed by atoms with Crippen molar-refractivity contribution >= 4 is 29.0 Å². The average molecular weight is 336 g/mol. The molecule has 3 aromatic rings. The van der Waals surface area contributed by atoms with Crippen LogP contribution >= 0.6 is 11.6 Å². The number of carbonyl (C=O) groups excluding carboxylic acids is 2. The van der Waals surface area contributed by atoms with Gasteiger partial charge in [0.25, 0.3) is 5.91 Å². The second-order valence-electron chi connectivity index (χ2n) is 5.21. The normalized spacial score (nSPS) is 10.2. The molecule has 0 aliphatic carbocycles. The van der Waals surface area contributed by atoms with Gasteiger partial charge in [-0.1, -0.05) is 54.1 Å². The number of ketones is 1. The second-order valence-corrected chi connectivity index (χ2v) is 5.61. The molecule has 24 heavy (non-hydrogen) atoms. The molecule has 0 saturated carbocycles. The number of hydrogen-bond donors (Lipinski definition) is 1. The number of halogens is 1. The van der Waals surface area contributed by atoms with Gasteiger partial charge in [-0.2, -0.15) is 0 Å². The number of nitrogens with one attached hydrogen (secondary N) is 1. The summed E-state index contributed by atoms with van der Waals surface area (Å²) in [7, 11) is 0. The summed E-state index contributed by atoms with van der Waals surface area (Å²) in [6.45, 7) is 0. The number of carbonyl (C=O) groups is 2. The van der Waals surface area contributed by atoms with Crippen molar-refractivity contribution in [2.24, 2.45) is 0 Å². The van der Waals surface area contributed by atoms with E-state index < -0.39 is 0 Å². The summed E-state index contributed by atoms with van der Waals surface area (Å²) in [5.41, 5.74) is 2.20. The molecule has 0 bridgehead atoms. The highest BCUT2D eigenvalue weighted by molar-refractivity contribution is 6.34. The minimum atomic E-state index is -0.289. The first-order valence-corrected chi connectivity index (χ1v) is 7.78. The molecule has 0 spiro atoms. The molecule has 0 radical (unpaired) electrons. The van der Waals surface area contributed by atoms with Crippen LogP contribution in [0.3, 0.4) is 0 Å². The molecule has 0 aliphatic heterocycles. The van der Waals surface area contributed by atoms with Crippen molar-refractivity contribution in [2.75, 3.05) is 5.32 Å².